The van der Waals surface area contributed by atoms with Crippen LogP contribution in [0.15, 0.2) is 41.8 Å². The first kappa shape index (κ1) is 16.0. The predicted octanol–water partition coefficient (Wildman–Crippen LogP) is 2.96. The lowest BCUT2D eigenvalue weighted by atomic mass is 10.1. The van der Waals surface area contributed by atoms with Crippen molar-refractivity contribution >= 4 is 28.8 Å². The summed E-state index contributed by atoms with van der Waals surface area (Å²) in [7, 11) is 1.55. The van der Waals surface area contributed by atoms with Crippen LogP contribution in [0.25, 0.3) is 0 Å². The number of ether oxygens (including phenoxy) is 1. The van der Waals surface area contributed by atoms with Crippen LogP contribution in [0.3, 0.4) is 0 Å². The number of carbonyl (C=O) groups excluding carboxylic acids is 2. The van der Waals surface area contributed by atoms with Crippen LogP contribution in [0, 0.1) is 0 Å². The van der Waals surface area contributed by atoms with E-state index in [9.17, 15) is 9.59 Å². The largest absolute Gasteiger partial charge is 0.495 e. The first-order valence-electron chi connectivity index (χ1n) is 6.83. The Morgan fingerprint density at radius 3 is 2.64 bits per heavy atom. The van der Waals surface area contributed by atoms with Crippen molar-refractivity contribution in [2.75, 3.05) is 12.4 Å². The van der Waals surface area contributed by atoms with E-state index < -0.39 is 0 Å². The fourth-order valence-electron chi connectivity index (χ4n) is 2.09. The van der Waals surface area contributed by atoms with Crippen LogP contribution >= 0.6 is 11.3 Å². The minimum Gasteiger partial charge on any atom is -0.495 e. The molecule has 0 aliphatic rings. The number of hydrogen-bond acceptors (Lipinski definition) is 4. The van der Waals surface area contributed by atoms with Crippen LogP contribution in [0.2, 0.25) is 0 Å². The number of anilines is 1. The molecule has 0 bridgehead atoms. The summed E-state index contributed by atoms with van der Waals surface area (Å²) >= 11 is 1.51. The maximum atomic E-state index is 12.3. The van der Waals surface area contributed by atoms with Crippen molar-refractivity contribution in [1.29, 1.82) is 0 Å². The highest BCUT2D eigenvalue weighted by atomic mass is 32.1. The maximum absolute atomic E-state index is 12.3. The van der Waals surface area contributed by atoms with Gasteiger partial charge in [-0.15, -0.1) is 11.3 Å². The topological polar surface area (TPSA) is 67.4 Å². The molecule has 1 heterocycles. The molecule has 0 aliphatic heterocycles. The second-order valence-electron chi connectivity index (χ2n) is 4.72. The standard InChI is InChI=1S/C16H18N2O3S/c1-11(19)17-13(15-8-5-9-22-15)10-16(20)18-12-6-3-4-7-14(12)21-2/h3-9,13H,10H2,1-2H3,(H,17,19)(H,18,20). The fourth-order valence-corrected chi connectivity index (χ4v) is 2.87. The van der Waals surface area contributed by atoms with Crippen molar-refractivity contribution in [3.63, 3.8) is 0 Å². The van der Waals surface area contributed by atoms with E-state index in [1.165, 1.54) is 18.3 Å². The third kappa shape index (κ3) is 4.33. The van der Waals surface area contributed by atoms with Crippen LogP contribution in [0.1, 0.15) is 24.3 Å². The van der Waals surface area contributed by atoms with Crippen LogP contribution in [0.5, 0.6) is 5.75 Å². The third-order valence-corrected chi connectivity index (χ3v) is 4.02. The lowest BCUT2D eigenvalue weighted by Gasteiger charge is -2.17. The highest BCUT2D eigenvalue weighted by Gasteiger charge is 2.18. The highest BCUT2D eigenvalue weighted by molar-refractivity contribution is 7.10. The van der Waals surface area contributed by atoms with Gasteiger partial charge < -0.3 is 15.4 Å². The molecular formula is C16H18N2O3S. The Labute approximate surface area is 133 Å². The Bertz CT molecular complexity index is 641. The molecule has 6 heteroatoms. The van der Waals surface area contributed by atoms with E-state index in [4.69, 9.17) is 4.74 Å². The molecule has 0 saturated carbocycles. The number of hydrogen-bond donors (Lipinski definition) is 2. The Morgan fingerprint density at radius 1 is 1.23 bits per heavy atom. The molecule has 1 aromatic heterocycles. The van der Waals surface area contributed by atoms with Crippen LogP contribution in [-0.4, -0.2) is 18.9 Å². The van der Waals surface area contributed by atoms with Crippen LogP contribution in [-0.2, 0) is 9.59 Å². The molecule has 2 N–H and O–H groups in total. The van der Waals surface area contributed by atoms with Gasteiger partial charge in [-0.2, -0.15) is 0 Å². The number of benzene rings is 1. The summed E-state index contributed by atoms with van der Waals surface area (Å²) < 4.78 is 5.21. The van der Waals surface area contributed by atoms with Crippen molar-refractivity contribution in [1.82, 2.24) is 5.32 Å². The Balaban J connectivity index is 2.06. The number of thiophene rings is 1. The van der Waals surface area contributed by atoms with E-state index in [1.54, 1.807) is 19.2 Å². The normalized spacial score (nSPS) is 11.5. The molecule has 1 aromatic carbocycles. The van der Waals surface area contributed by atoms with Crippen LogP contribution < -0.4 is 15.4 Å². The number of nitrogens with one attached hydrogen (secondary N) is 2. The third-order valence-electron chi connectivity index (χ3n) is 3.03. The Morgan fingerprint density at radius 2 is 2.00 bits per heavy atom. The monoisotopic (exact) mass is 318 g/mol. The quantitative estimate of drug-likeness (QED) is 0.860. The zero-order valence-corrected chi connectivity index (χ0v) is 13.3. The lowest BCUT2D eigenvalue weighted by molar-refractivity contribution is -0.120. The Hall–Kier alpha value is -2.34. The maximum Gasteiger partial charge on any atom is 0.226 e. The summed E-state index contributed by atoms with van der Waals surface area (Å²) in [6.45, 7) is 1.44. The minimum absolute atomic E-state index is 0.163. The summed E-state index contributed by atoms with van der Waals surface area (Å²) in [5, 5.41) is 7.54. The van der Waals surface area contributed by atoms with Gasteiger partial charge in [-0.05, 0) is 23.6 Å². The molecule has 0 radical (unpaired) electrons. The smallest absolute Gasteiger partial charge is 0.226 e. The summed E-state index contributed by atoms with van der Waals surface area (Å²) in [5.74, 6) is 0.253. The van der Waals surface area contributed by atoms with Gasteiger partial charge >= 0.3 is 0 Å². The van der Waals surface area contributed by atoms with Crippen molar-refractivity contribution in [3.8, 4) is 5.75 Å². The molecule has 2 amide bonds. The molecule has 2 rings (SSSR count). The second-order valence-corrected chi connectivity index (χ2v) is 5.70. The van der Waals surface area contributed by atoms with Crippen molar-refractivity contribution in [2.45, 2.75) is 19.4 Å². The summed E-state index contributed by atoms with van der Waals surface area (Å²) in [6, 6.07) is 10.7. The molecule has 5 nitrogen and oxygen atoms in total. The van der Waals surface area contributed by atoms with Crippen molar-refractivity contribution in [2.24, 2.45) is 0 Å². The van der Waals surface area contributed by atoms with Gasteiger partial charge in [0, 0.05) is 11.8 Å². The molecule has 0 fully saturated rings. The van der Waals surface area contributed by atoms with Crippen molar-refractivity contribution < 1.29 is 14.3 Å². The van der Waals surface area contributed by atoms with Gasteiger partial charge in [-0.1, -0.05) is 18.2 Å². The molecule has 2 aromatic rings. The molecule has 1 atom stereocenters. The van der Waals surface area contributed by atoms with E-state index in [-0.39, 0.29) is 24.3 Å². The van der Waals surface area contributed by atoms with Gasteiger partial charge in [0.1, 0.15) is 5.75 Å². The van der Waals surface area contributed by atoms with E-state index >= 15 is 0 Å². The zero-order valence-electron chi connectivity index (χ0n) is 12.5. The van der Waals surface area contributed by atoms with Crippen molar-refractivity contribution in [3.05, 3.63) is 46.7 Å². The van der Waals surface area contributed by atoms with Gasteiger partial charge in [0.15, 0.2) is 0 Å². The van der Waals surface area contributed by atoms with E-state index in [0.717, 1.165) is 4.88 Å². The first-order valence-corrected chi connectivity index (χ1v) is 7.71. The average molecular weight is 318 g/mol. The summed E-state index contributed by atoms with van der Waals surface area (Å²) in [6.07, 6.45) is 0.165. The predicted molar refractivity (Wildman–Crippen MR) is 87.1 cm³/mol. The molecule has 0 spiro atoms. The summed E-state index contributed by atoms with van der Waals surface area (Å²) in [4.78, 5) is 24.5. The number of carbonyl (C=O) groups is 2. The van der Waals surface area contributed by atoms with Gasteiger partial charge in [0.25, 0.3) is 0 Å². The molecular weight excluding hydrogens is 300 g/mol. The van der Waals surface area contributed by atoms with Gasteiger partial charge in [-0.25, -0.2) is 0 Å². The van der Waals surface area contributed by atoms with E-state index in [0.29, 0.717) is 11.4 Å². The number of para-hydroxylation sites is 2. The molecule has 22 heavy (non-hydrogen) atoms. The van der Waals surface area contributed by atoms with E-state index in [1.807, 2.05) is 29.6 Å². The highest BCUT2D eigenvalue weighted by Crippen LogP contribution is 2.26. The van der Waals surface area contributed by atoms with Gasteiger partial charge in [0.05, 0.1) is 25.3 Å². The summed E-state index contributed by atoms with van der Waals surface area (Å²) in [5.41, 5.74) is 0.614. The SMILES string of the molecule is COc1ccccc1NC(=O)CC(NC(C)=O)c1cccs1. The first-order chi connectivity index (χ1) is 10.6. The molecule has 0 aliphatic carbocycles. The fraction of sp³-hybridized carbons (Fsp3) is 0.250. The second kappa shape index (κ2) is 7.61. The van der Waals surface area contributed by atoms with E-state index in [2.05, 4.69) is 10.6 Å². The molecule has 116 valence electrons. The van der Waals surface area contributed by atoms with Crippen LogP contribution in [0.4, 0.5) is 5.69 Å². The number of rotatable bonds is 6. The molecule has 0 saturated heterocycles. The Kier molecular flexibility index (Phi) is 5.55. The molecule has 1 unspecified atom stereocenters. The van der Waals surface area contributed by atoms with Gasteiger partial charge in [0.2, 0.25) is 11.8 Å². The number of amides is 2. The lowest BCUT2D eigenvalue weighted by Crippen LogP contribution is -2.29. The number of methoxy groups -OCH3 is 1. The zero-order chi connectivity index (χ0) is 15.9. The minimum atomic E-state index is -0.327. The van der Waals surface area contributed by atoms with Gasteiger partial charge in [-0.3, -0.25) is 9.59 Å². The average Bonchev–Trinajstić information content (AvgIpc) is 3.01.